The summed E-state index contributed by atoms with van der Waals surface area (Å²) < 4.78 is 36.3. The Labute approximate surface area is 213 Å². The third kappa shape index (κ3) is 5.34. The summed E-state index contributed by atoms with van der Waals surface area (Å²) in [7, 11) is -2.07. The number of fused-ring (bicyclic) bond motifs is 1. The molecular formula is C20H20N6O7S3. The minimum atomic E-state index is -3.57. The minimum Gasteiger partial charge on any atom is -0.495 e. The quantitative estimate of drug-likeness (QED) is 0.112. The van der Waals surface area contributed by atoms with Gasteiger partial charge in [0.05, 0.1) is 62.9 Å². The largest absolute Gasteiger partial charge is 0.495 e. The molecule has 0 bridgehead atoms. The molecule has 0 radical (unpaired) electrons. The number of rotatable bonds is 10. The fourth-order valence-electron chi connectivity index (χ4n) is 3.23. The first kappa shape index (κ1) is 26.0. The predicted octanol–water partition coefficient (Wildman–Crippen LogP) is 3.99. The smallest absolute Gasteiger partial charge is 0.231 e. The molecule has 4 aromatic rings. The van der Waals surface area contributed by atoms with Gasteiger partial charge in [0.2, 0.25) is 5.13 Å². The lowest BCUT2D eigenvalue weighted by atomic mass is 10.3. The van der Waals surface area contributed by atoms with Crippen molar-refractivity contribution in [1.82, 2.24) is 14.8 Å². The van der Waals surface area contributed by atoms with Gasteiger partial charge >= 0.3 is 0 Å². The molecular weight excluding hydrogens is 532 g/mol. The number of nitrogens with two attached hydrogens (primary N) is 1. The Morgan fingerprint density at radius 3 is 2.64 bits per heavy atom. The van der Waals surface area contributed by atoms with Gasteiger partial charge in [-0.1, -0.05) is 16.4 Å². The normalized spacial score (nSPS) is 12.1. The van der Waals surface area contributed by atoms with Gasteiger partial charge in [0.25, 0.3) is 0 Å². The fourth-order valence-corrected chi connectivity index (χ4v) is 5.54. The van der Waals surface area contributed by atoms with E-state index in [4.69, 9.17) is 20.8 Å². The van der Waals surface area contributed by atoms with E-state index in [2.05, 4.69) is 29.7 Å². The summed E-state index contributed by atoms with van der Waals surface area (Å²) in [6, 6.07) is 9.42. The van der Waals surface area contributed by atoms with Crippen molar-refractivity contribution in [3.8, 4) is 11.4 Å². The number of azo groups is 1. The Balaban J connectivity index is 1.61. The number of aromatic nitrogens is 3. The lowest BCUT2D eigenvalue weighted by Gasteiger charge is -2.06. The van der Waals surface area contributed by atoms with E-state index >= 15 is 0 Å². The first-order chi connectivity index (χ1) is 17.3. The molecule has 0 saturated heterocycles. The van der Waals surface area contributed by atoms with Crippen LogP contribution in [0, 0.1) is 6.92 Å². The molecule has 36 heavy (non-hydrogen) atoms. The number of benzene rings is 2. The van der Waals surface area contributed by atoms with Crippen LogP contribution >= 0.6 is 23.4 Å². The number of ether oxygens (including phenoxy) is 1. The monoisotopic (exact) mass is 552 g/mol. The Morgan fingerprint density at radius 1 is 1.22 bits per heavy atom. The molecule has 0 spiro atoms. The van der Waals surface area contributed by atoms with Crippen LogP contribution in [0.5, 0.6) is 5.75 Å². The second-order valence-corrected chi connectivity index (χ2v) is 11.0. The summed E-state index contributed by atoms with van der Waals surface area (Å²) in [5.74, 6) is 0.349. The molecule has 0 atom stereocenters. The van der Waals surface area contributed by atoms with Crippen LogP contribution in [0.2, 0.25) is 0 Å². The van der Waals surface area contributed by atoms with Crippen molar-refractivity contribution in [1.29, 1.82) is 0 Å². The number of aryl methyl sites for hydroxylation is 1. The van der Waals surface area contributed by atoms with Gasteiger partial charge in [-0.05, 0) is 37.3 Å². The molecule has 2 aromatic heterocycles. The summed E-state index contributed by atoms with van der Waals surface area (Å²) in [6.45, 7) is 1.26. The Kier molecular flexibility index (Phi) is 7.84. The van der Waals surface area contributed by atoms with Crippen LogP contribution in [-0.4, -0.2) is 53.0 Å². The summed E-state index contributed by atoms with van der Waals surface area (Å²) in [4.78, 5) is 5.05. The molecule has 0 fully saturated rings. The summed E-state index contributed by atoms with van der Waals surface area (Å²) >= 11 is 2.03. The number of anilines is 1. The third-order valence-electron chi connectivity index (χ3n) is 4.92. The van der Waals surface area contributed by atoms with E-state index in [1.165, 1.54) is 35.3 Å². The van der Waals surface area contributed by atoms with E-state index < -0.39 is 16.4 Å². The predicted molar refractivity (Wildman–Crippen MR) is 133 cm³/mol. The Hall–Kier alpha value is -3.12. The first-order valence-corrected chi connectivity index (χ1v) is 13.3. The molecule has 0 saturated carbocycles. The van der Waals surface area contributed by atoms with E-state index in [0.29, 0.717) is 38.4 Å². The van der Waals surface area contributed by atoms with E-state index in [1.807, 2.05) is 0 Å². The van der Waals surface area contributed by atoms with Crippen molar-refractivity contribution in [2.24, 2.45) is 10.2 Å². The van der Waals surface area contributed by atoms with E-state index in [-0.39, 0.29) is 16.5 Å². The topological polar surface area (TPSA) is 184 Å². The molecule has 0 aliphatic heterocycles. The number of hydrogen-bond donors (Lipinski definition) is 3. The minimum absolute atomic E-state index is 0.0899. The highest BCUT2D eigenvalue weighted by atomic mass is 32.2. The number of thiazole rings is 1. The second kappa shape index (κ2) is 10.9. The van der Waals surface area contributed by atoms with Gasteiger partial charge in [0, 0.05) is 6.07 Å². The molecule has 0 amide bonds. The standard InChI is InChI=1S/C20H20N6O7S3/c1-11-18(19(21)26(25-11)12-3-5-13(6-4-12)36(29,30)8-7-27)23-24-20-22-14-9-17(35-33-32-28)15(31-2)10-16(14)34-20/h3-6,9-10,27-28H,7-8,21H2,1-2H3. The molecule has 0 aliphatic rings. The summed E-state index contributed by atoms with van der Waals surface area (Å²) in [5, 5.41) is 34.2. The average molecular weight is 553 g/mol. The third-order valence-corrected chi connectivity index (χ3v) is 8.16. The van der Waals surface area contributed by atoms with E-state index in [0.717, 1.165) is 16.7 Å². The zero-order valence-electron chi connectivity index (χ0n) is 18.9. The number of nitrogens with zero attached hydrogens (tertiary/aromatic N) is 5. The van der Waals surface area contributed by atoms with Crippen LogP contribution < -0.4 is 10.5 Å². The first-order valence-electron chi connectivity index (χ1n) is 10.1. The number of aliphatic hydroxyl groups excluding tert-OH is 1. The Morgan fingerprint density at radius 2 is 1.97 bits per heavy atom. The number of hydrogen-bond acceptors (Lipinski definition) is 14. The van der Waals surface area contributed by atoms with Gasteiger partial charge in [0.15, 0.2) is 21.3 Å². The van der Waals surface area contributed by atoms with E-state index in [1.54, 1.807) is 31.2 Å². The summed E-state index contributed by atoms with van der Waals surface area (Å²) in [6.07, 6.45) is 0. The molecule has 16 heteroatoms. The highest BCUT2D eigenvalue weighted by molar-refractivity contribution is 7.94. The molecule has 0 aliphatic carbocycles. The van der Waals surface area contributed by atoms with Gasteiger partial charge in [-0.3, -0.25) is 0 Å². The Bertz CT molecular complexity index is 1520. The van der Waals surface area contributed by atoms with Gasteiger partial charge in [-0.15, -0.1) is 14.6 Å². The maximum absolute atomic E-state index is 12.1. The fraction of sp³-hybridized carbons (Fsp3) is 0.200. The van der Waals surface area contributed by atoms with Crippen molar-refractivity contribution in [3.05, 3.63) is 42.1 Å². The lowest BCUT2D eigenvalue weighted by molar-refractivity contribution is -0.432. The van der Waals surface area contributed by atoms with Crippen LogP contribution in [0.4, 0.5) is 16.6 Å². The van der Waals surface area contributed by atoms with Crippen molar-refractivity contribution < 1.29 is 32.9 Å². The second-order valence-electron chi connectivity index (χ2n) is 7.16. The molecule has 2 aromatic carbocycles. The molecule has 4 rings (SSSR count). The van der Waals surface area contributed by atoms with Crippen LogP contribution in [-0.2, 0) is 19.2 Å². The maximum Gasteiger partial charge on any atom is 0.231 e. The SMILES string of the molecule is COc1cc2sc(N=Nc3c(C)nn(-c4ccc(S(=O)(=O)CCO)cc4)c3N)nc2cc1SOOO. The molecule has 0 unspecified atom stereocenters. The number of nitrogen functional groups attached to an aromatic ring is 1. The van der Waals surface area contributed by atoms with E-state index in [9.17, 15) is 8.42 Å². The van der Waals surface area contributed by atoms with Crippen LogP contribution in [0.3, 0.4) is 0 Å². The zero-order chi connectivity index (χ0) is 25.9. The number of aliphatic hydroxyl groups is 1. The van der Waals surface area contributed by atoms with Gasteiger partial charge in [0.1, 0.15) is 5.75 Å². The van der Waals surface area contributed by atoms with Crippen molar-refractivity contribution in [3.63, 3.8) is 0 Å². The number of methoxy groups -OCH3 is 1. The molecule has 4 N–H and O–H groups in total. The summed E-state index contributed by atoms with van der Waals surface area (Å²) in [5.41, 5.74) is 8.26. The average Bonchev–Trinajstić information content (AvgIpc) is 3.39. The lowest BCUT2D eigenvalue weighted by Crippen LogP contribution is -2.10. The number of sulfone groups is 1. The van der Waals surface area contributed by atoms with Gasteiger partial charge < -0.3 is 15.6 Å². The molecule has 13 nitrogen and oxygen atoms in total. The highest BCUT2D eigenvalue weighted by Crippen LogP contribution is 2.39. The van der Waals surface area contributed by atoms with Crippen molar-refractivity contribution in [2.45, 2.75) is 16.7 Å². The maximum atomic E-state index is 12.1. The highest BCUT2D eigenvalue weighted by Gasteiger charge is 2.17. The van der Waals surface area contributed by atoms with Crippen LogP contribution in [0.1, 0.15) is 5.69 Å². The van der Waals surface area contributed by atoms with Crippen molar-refractivity contribution in [2.75, 3.05) is 25.2 Å². The van der Waals surface area contributed by atoms with Gasteiger partial charge in [-0.2, -0.15) is 5.10 Å². The molecule has 190 valence electrons. The van der Waals surface area contributed by atoms with Crippen molar-refractivity contribution >= 4 is 60.1 Å². The van der Waals surface area contributed by atoms with Crippen LogP contribution in [0.25, 0.3) is 15.9 Å². The van der Waals surface area contributed by atoms with Crippen LogP contribution in [0.15, 0.2) is 56.4 Å². The zero-order valence-corrected chi connectivity index (χ0v) is 21.3. The molecule has 2 heterocycles. The van der Waals surface area contributed by atoms with Gasteiger partial charge in [-0.25, -0.2) is 23.3 Å².